The van der Waals surface area contributed by atoms with Gasteiger partial charge < -0.3 is 11.5 Å². The van der Waals surface area contributed by atoms with Gasteiger partial charge in [0, 0.05) is 6.04 Å². The van der Waals surface area contributed by atoms with Crippen LogP contribution in [-0.2, 0) is 0 Å². The van der Waals surface area contributed by atoms with Crippen LogP contribution in [0.2, 0.25) is 5.02 Å². The summed E-state index contributed by atoms with van der Waals surface area (Å²) in [6, 6.07) is 4.32. The molecule has 0 heterocycles. The van der Waals surface area contributed by atoms with Crippen LogP contribution < -0.4 is 11.5 Å². The number of hydrogen-bond acceptors (Lipinski definition) is 2. The highest BCUT2D eigenvalue weighted by Gasteiger charge is 2.07. The van der Waals surface area contributed by atoms with E-state index in [1.165, 1.54) is 12.1 Å². The lowest BCUT2D eigenvalue weighted by Crippen LogP contribution is -2.15. The molecule has 1 aromatic carbocycles. The van der Waals surface area contributed by atoms with Gasteiger partial charge in [0.05, 0.1) is 5.02 Å². The van der Waals surface area contributed by atoms with Gasteiger partial charge in [0.25, 0.3) is 0 Å². The first-order valence-electron chi connectivity index (χ1n) is 4.05. The van der Waals surface area contributed by atoms with E-state index < -0.39 is 5.82 Å². The van der Waals surface area contributed by atoms with Crippen molar-refractivity contribution in [3.63, 3.8) is 0 Å². The molecule has 1 rings (SSSR count). The van der Waals surface area contributed by atoms with Crippen molar-refractivity contribution in [2.75, 3.05) is 6.54 Å². The number of benzene rings is 1. The van der Waals surface area contributed by atoms with Crippen molar-refractivity contribution in [1.82, 2.24) is 0 Å². The highest BCUT2D eigenvalue weighted by molar-refractivity contribution is 6.30. The van der Waals surface area contributed by atoms with E-state index in [2.05, 4.69) is 0 Å². The van der Waals surface area contributed by atoms with Crippen LogP contribution in [0.25, 0.3) is 0 Å². The fourth-order valence-electron chi connectivity index (χ4n) is 1.09. The maximum atomic E-state index is 12.8. The molecule has 0 aliphatic rings. The van der Waals surface area contributed by atoms with Crippen molar-refractivity contribution >= 4 is 11.6 Å². The molecule has 0 aliphatic heterocycles. The molecule has 1 unspecified atom stereocenters. The summed E-state index contributed by atoms with van der Waals surface area (Å²) in [6.45, 7) is 0.510. The van der Waals surface area contributed by atoms with E-state index in [1.807, 2.05) is 0 Å². The van der Waals surface area contributed by atoms with Gasteiger partial charge in [-0.15, -0.1) is 0 Å². The summed E-state index contributed by atoms with van der Waals surface area (Å²) in [4.78, 5) is 0. The molecule has 13 heavy (non-hydrogen) atoms. The summed E-state index contributed by atoms with van der Waals surface area (Å²) < 4.78 is 12.8. The molecular formula is C9H12ClFN2. The van der Waals surface area contributed by atoms with E-state index >= 15 is 0 Å². The van der Waals surface area contributed by atoms with Crippen molar-refractivity contribution < 1.29 is 4.39 Å². The normalized spacial score (nSPS) is 12.9. The first kappa shape index (κ1) is 10.4. The Balaban J connectivity index is 2.84. The molecule has 0 fully saturated rings. The number of nitrogens with two attached hydrogens (primary N) is 2. The van der Waals surface area contributed by atoms with E-state index in [9.17, 15) is 4.39 Å². The van der Waals surface area contributed by atoms with Crippen molar-refractivity contribution in [3.8, 4) is 0 Å². The molecule has 4 N–H and O–H groups in total. The van der Waals surface area contributed by atoms with Crippen LogP contribution in [0.1, 0.15) is 18.0 Å². The van der Waals surface area contributed by atoms with E-state index in [-0.39, 0.29) is 11.1 Å². The molecule has 0 saturated heterocycles. The van der Waals surface area contributed by atoms with Gasteiger partial charge in [-0.05, 0) is 30.7 Å². The second-order valence-electron chi connectivity index (χ2n) is 2.86. The van der Waals surface area contributed by atoms with Crippen molar-refractivity contribution in [1.29, 1.82) is 0 Å². The minimum Gasteiger partial charge on any atom is -0.330 e. The van der Waals surface area contributed by atoms with Crippen molar-refractivity contribution in [2.24, 2.45) is 11.5 Å². The SMILES string of the molecule is NCCC(N)c1ccc(F)c(Cl)c1. The average Bonchev–Trinajstić information content (AvgIpc) is 2.10. The Kier molecular flexibility index (Phi) is 3.66. The van der Waals surface area contributed by atoms with E-state index in [0.717, 1.165) is 5.56 Å². The van der Waals surface area contributed by atoms with E-state index in [4.69, 9.17) is 23.1 Å². The zero-order valence-corrected chi connectivity index (χ0v) is 7.89. The number of hydrogen-bond donors (Lipinski definition) is 2. The van der Waals surface area contributed by atoms with Gasteiger partial charge in [0.1, 0.15) is 5.82 Å². The molecule has 0 aromatic heterocycles. The Morgan fingerprint density at radius 3 is 2.69 bits per heavy atom. The predicted molar refractivity (Wildman–Crippen MR) is 52.0 cm³/mol. The third-order valence-electron chi connectivity index (χ3n) is 1.85. The van der Waals surface area contributed by atoms with Crippen molar-refractivity contribution in [3.05, 3.63) is 34.6 Å². The number of halogens is 2. The Morgan fingerprint density at radius 1 is 1.46 bits per heavy atom. The van der Waals surface area contributed by atoms with Crippen LogP contribution in [0.15, 0.2) is 18.2 Å². The molecule has 0 aliphatic carbocycles. The van der Waals surface area contributed by atoms with E-state index in [1.54, 1.807) is 6.07 Å². The van der Waals surface area contributed by atoms with Crippen molar-refractivity contribution in [2.45, 2.75) is 12.5 Å². The summed E-state index contributed by atoms with van der Waals surface area (Å²) in [5.41, 5.74) is 11.9. The minimum atomic E-state index is -0.426. The molecule has 1 atom stereocenters. The highest BCUT2D eigenvalue weighted by atomic mass is 35.5. The topological polar surface area (TPSA) is 52.0 Å². The molecule has 2 nitrogen and oxygen atoms in total. The summed E-state index contributed by atoms with van der Waals surface area (Å²) in [6.07, 6.45) is 0.669. The minimum absolute atomic E-state index is 0.102. The average molecular weight is 203 g/mol. The van der Waals surface area contributed by atoms with Gasteiger partial charge in [-0.25, -0.2) is 4.39 Å². The lowest BCUT2D eigenvalue weighted by atomic mass is 10.1. The Hall–Kier alpha value is -0.640. The van der Waals surface area contributed by atoms with Gasteiger partial charge >= 0.3 is 0 Å². The lowest BCUT2D eigenvalue weighted by Gasteiger charge is -2.10. The summed E-state index contributed by atoms with van der Waals surface area (Å²) in [7, 11) is 0. The first-order valence-corrected chi connectivity index (χ1v) is 4.43. The van der Waals surface area contributed by atoms with Gasteiger partial charge in [-0.3, -0.25) is 0 Å². The zero-order chi connectivity index (χ0) is 9.84. The van der Waals surface area contributed by atoms with Crippen LogP contribution in [0.3, 0.4) is 0 Å². The monoisotopic (exact) mass is 202 g/mol. The lowest BCUT2D eigenvalue weighted by molar-refractivity contribution is 0.621. The maximum absolute atomic E-state index is 12.8. The van der Waals surface area contributed by atoms with Gasteiger partial charge in [0.2, 0.25) is 0 Å². The molecule has 0 spiro atoms. The zero-order valence-electron chi connectivity index (χ0n) is 7.13. The molecule has 0 amide bonds. The molecule has 0 bridgehead atoms. The third kappa shape index (κ3) is 2.66. The van der Waals surface area contributed by atoms with Gasteiger partial charge in [-0.1, -0.05) is 17.7 Å². The second-order valence-corrected chi connectivity index (χ2v) is 3.26. The summed E-state index contributed by atoms with van der Waals surface area (Å²) >= 11 is 5.60. The summed E-state index contributed by atoms with van der Waals surface area (Å²) in [5.74, 6) is -0.426. The van der Waals surface area contributed by atoms with Crippen LogP contribution in [-0.4, -0.2) is 6.54 Å². The smallest absolute Gasteiger partial charge is 0.141 e. The third-order valence-corrected chi connectivity index (χ3v) is 2.14. The van der Waals surface area contributed by atoms with Gasteiger partial charge in [0.15, 0.2) is 0 Å². The Morgan fingerprint density at radius 2 is 2.15 bits per heavy atom. The van der Waals surface area contributed by atoms with Crippen LogP contribution in [0, 0.1) is 5.82 Å². The number of rotatable bonds is 3. The molecule has 4 heteroatoms. The largest absolute Gasteiger partial charge is 0.330 e. The Labute approximate surface area is 81.7 Å². The second kappa shape index (κ2) is 4.56. The van der Waals surface area contributed by atoms with Crippen LogP contribution >= 0.6 is 11.6 Å². The van der Waals surface area contributed by atoms with Gasteiger partial charge in [-0.2, -0.15) is 0 Å². The quantitative estimate of drug-likeness (QED) is 0.786. The highest BCUT2D eigenvalue weighted by Crippen LogP contribution is 2.20. The summed E-state index contributed by atoms with van der Waals surface area (Å²) in [5, 5.41) is 0.102. The van der Waals surface area contributed by atoms with Crippen LogP contribution in [0.4, 0.5) is 4.39 Å². The van der Waals surface area contributed by atoms with Crippen LogP contribution in [0.5, 0.6) is 0 Å². The fourth-order valence-corrected chi connectivity index (χ4v) is 1.28. The molecule has 0 saturated carbocycles. The standard InChI is InChI=1S/C9H12ClFN2/c10-7-5-6(1-2-8(7)11)9(13)3-4-12/h1-2,5,9H,3-4,12-13H2. The Bertz CT molecular complexity index is 291. The predicted octanol–water partition coefficient (Wildman–Crippen LogP) is 1.83. The molecule has 0 radical (unpaired) electrons. The molecular weight excluding hydrogens is 191 g/mol. The fraction of sp³-hybridized carbons (Fsp3) is 0.333. The first-order chi connectivity index (χ1) is 6.15. The van der Waals surface area contributed by atoms with E-state index in [0.29, 0.717) is 13.0 Å². The molecule has 72 valence electrons. The molecule has 1 aromatic rings. The maximum Gasteiger partial charge on any atom is 0.141 e.